The van der Waals surface area contributed by atoms with Crippen molar-refractivity contribution in [2.75, 3.05) is 6.61 Å². The highest BCUT2D eigenvalue weighted by molar-refractivity contribution is 5.28. The highest BCUT2D eigenvalue weighted by Crippen LogP contribution is 2.20. The van der Waals surface area contributed by atoms with Crippen LogP contribution in [0.4, 0.5) is 0 Å². The molecule has 0 saturated carbocycles. The van der Waals surface area contributed by atoms with Crippen LogP contribution in [0.2, 0.25) is 0 Å². The average molecular weight is 208 g/mol. The normalized spacial score (nSPS) is 12.9. The largest absolute Gasteiger partial charge is 0.493 e. The Bertz CT molecular complexity index is 277. The van der Waals surface area contributed by atoms with E-state index in [0.717, 1.165) is 24.3 Å². The van der Waals surface area contributed by atoms with Gasteiger partial charge in [-0.3, -0.25) is 0 Å². The Labute approximate surface area is 91.9 Å². The lowest BCUT2D eigenvalue weighted by Crippen LogP contribution is -2.04. The molecule has 0 saturated heterocycles. The molecular weight excluding hydrogens is 188 g/mol. The summed E-state index contributed by atoms with van der Waals surface area (Å²) in [4.78, 5) is 0. The number of ether oxygens (including phenoxy) is 1. The molecular formula is C13H20O2. The zero-order chi connectivity index (χ0) is 11.3. The van der Waals surface area contributed by atoms with E-state index in [2.05, 4.69) is 13.8 Å². The Morgan fingerprint density at radius 1 is 1.20 bits per heavy atom. The maximum absolute atomic E-state index is 9.60. The van der Waals surface area contributed by atoms with Crippen LogP contribution in [0.1, 0.15) is 38.9 Å². The van der Waals surface area contributed by atoms with Gasteiger partial charge < -0.3 is 9.84 Å². The number of hydrogen-bond acceptors (Lipinski definition) is 2. The molecule has 2 nitrogen and oxygen atoms in total. The molecule has 0 aliphatic rings. The van der Waals surface area contributed by atoms with Crippen LogP contribution in [0.5, 0.6) is 5.75 Å². The fourth-order valence-electron chi connectivity index (χ4n) is 1.28. The summed E-state index contributed by atoms with van der Waals surface area (Å²) >= 11 is 0. The van der Waals surface area contributed by atoms with Crippen molar-refractivity contribution >= 4 is 0 Å². The molecule has 0 aromatic heterocycles. The van der Waals surface area contributed by atoms with Crippen LogP contribution in [-0.4, -0.2) is 11.7 Å². The standard InChI is InChI=1S/C13H20O2/c1-4-13(14)11-5-7-12(8-6-11)15-9-10(2)3/h5-8,10,13-14H,4,9H2,1-3H3/t13-/m1/s1. The van der Waals surface area contributed by atoms with Gasteiger partial charge in [0.05, 0.1) is 12.7 Å². The molecule has 0 spiro atoms. The van der Waals surface area contributed by atoms with E-state index in [-0.39, 0.29) is 6.10 Å². The van der Waals surface area contributed by atoms with E-state index in [1.165, 1.54) is 0 Å². The minimum absolute atomic E-state index is 0.357. The van der Waals surface area contributed by atoms with E-state index in [4.69, 9.17) is 4.74 Å². The van der Waals surface area contributed by atoms with Gasteiger partial charge >= 0.3 is 0 Å². The van der Waals surface area contributed by atoms with E-state index in [1.807, 2.05) is 31.2 Å². The third kappa shape index (κ3) is 3.92. The van der Waals surface area contributed by atoms with Crippen molar-refractivity contribution in [3.63, 3.8) is 0 Å². The van der Waals surface area contributed by atoms with Gasteiger partial charge in [0.15, 0.2) is 0 Å². The predicted molar refractivity (Wildman–Crippen MR) is 62.0 cm³/mol. The maximum Gasteiger partial charge on any atom is 0.119 e. The van der Waals surface area contributed by atoms with E-state index in [0.29, 0.717) is 5.92 Å². The first-order valence-electron chi connectivity index (χ1n) is 5.54. The molecule has 0 radical (unpaired) electrons. The van der Waals surface area contributed by atoms with Crippen LogP contribution >= 0.6 is 0 Å². The van der Waals surface area contributed by atoms with Crippen molar-refractivity contribution in [2.24, 2.45) is 5.92 Å². The molecule has 0 amide bonds. The van der Waals surface area contributed by atoms with Crippen molar-refractivity contribution in [1.29, 1.82) is 0 Å². The fraction of sp³-hybridized carbons (Fsp3) is 0.538. The fourth-order valence-corrected chi connectivity index (χ4v) is 1.28. The van der Waals surface area contributed by atoms with Crippen molar-refractivity contribution in [1.82, 2.24) is 0 Å². The third-order valence-corrected chi connectivity index (χ3v) is 2.23. The van der Waals surface area contributed by atoms with Crippen molar-refractivity contribution in [3.8, 4) is 5.75 Å². The van der Waals surface area contributed by atoms with Gasteiger partial charge in [-0.1, -0.05) is 32.9 Å². The Hall–Kier alpha value is -1.02. The Morgan fingerprint density at radius 2 is 1.80 bits per heavy atom. The molecule has 15 heavy (non-hydrogen) atoms. The quantitative estimate of drug-likeness (QED) is 0.805. The molecule has 2 heteroatoms. The lowest BCUT2D eigenvalue weighted by Gasteiger charge is -2.11. The Kier molecular flexibility index (Phi) is 4.63. The van der Waals surface area contributed by atoms with Crippen LogP contribution in [0, 0.1) is 5.92 Å². The van der Waals surface area contributed by atoms with Crippen LogP contribution in [0.3, 0.4) is 0 Å². The summed E-state index contributed by atoms with van der Waals surface area (Å²) in [7, 11) is 0. The first-order valence-corrected chi connectivity index (χ1v) is 5.54. The summed E-state index contributed by atoms with van der Waals surface area (Å²) in [5.74, 6) is 1.40. The molecule has 0 aliphatic heterocycles. The van der Waals surface area contributed by atoms with Gasteiger partial charge in [-0.05, 0) is 30.0 Å². The van der Waals surface area contributed by atoms with Crippen LogP contribution in [-0.2, 0) is 0 Å². The molecule has 0 aliphatic carbocycles. The van der Waals surface area contributed by atoms with Gasteiger partial charge in [-0.25, -0.2) is 0 Å². The topological polar surface area (TPSA) is 29.5 Å². The summed E-state index contributed by atoms with van der Waals surface area (Å²) in [6.07, 6.45) is 0.385. The molecule has 0 unspecified atom stereocenters. The summed E-state index contributed by atoms with van der Waals surface area (Å²) in [5.41, 5.74) is 0.953. The molecule has 0 bridgehead atoms. The molecule has 1 rings (SSSR count). The molecule has 0 heterocycles. The zero-order valence-electron chi connectivity index (χ0n) is 9.73. The number of hydrogen-bond donors (Lipinski definition) is 1. The first kappa shape index (κ1) is 12.1. The average Bonchev–Trinajstić information content (AvgIpc) is 2.26. The summed E-state index contributed by atoms with van der Waals surface area (Å²) in [5, 5.41) is 9.60. The minimum atomic E-state index is -0.357. The molecule has 1 N–H and O–H groups in total. The summed E-state index contributed by atoms with van der Waals surface area (Å²) in [6, 6.07) is 7.67. The SMILES string of the molecule is CC[C@@H](O)c1ccc(OCC(C)C)cc1. The molecule has 1 atom stereocenters. The Balaban J connectivity index is 2.56. The maximum atomic E-state index is 9.60. The van der Waals surface area contributed by atoms with Crippen molar-refractivity contribution < 1.29 is 9.84 Å². The van der Waals surface area contributed by atoms with Gasteiger partial charge in [0.2, 0.25) is 0 Å². The number of rotatable bonds is 5. The molecule has 0 fully saturated rings. The van der Waals surface area contributed by atoms with Crippen LogP contribution < -0.4 is 4.74 Å². The molecule has 1 aromatic carbocycles. The number of benzene rings is 1. The lowest BCUT2D eigenvalue weighted by atomic mass is 10.1. The van der Waals surface area contributed by atoms with Gasteiger partial charge in [-0.15, -0.1) is 0 Å². The highest BCUT2D eigenvalue weighted by Gasteiger charge is 2.04. The molecule has 84 valence electrons. The Morgan fingerprint density at radius 3 is 2.27 bits per heavy atom. The van der Waals surface area contributed by atoms with Crippen molar-refractivity contribution in [3.05, 3.63) is 29.8 Å². The number of aliphatic hydroxyl groups is 1. The highest BCUT2D eigenvalue weighted by atomic mass is 16.5. The van der Waals surface area contributed by atoms with E-state index in [1.54, 1.807) is 0 Å². The summed E-state index contributed by atoms with van der Waals surface area (Å²) in [6.45, 7) is 6.94. The van der Waals surface area contributed by atoms with Gasteiger partial charge in [0.1, 0.15) is 5.75 Å². The van der Waals surface area contributed by atoms with Gasteiger partial charge in [0, 0.05) is 0 Å². The zero-order valence-corrected chi connectivity index (χ0v) is 9.73. The predicted octanol–water partition coefficient (Wildman–Crippen LogP) is 3.16. The van der Waals surface area contributed by atoms with E-state index < -0.39 is 0 Å². The van der Waals surface area contributed by atoms with Gasteiger partial charge in [0.25, 0.3) is 0 Å². The van der Waals surface area contributed by atoms with E-state index in [9.17, 15) is 5.11 Å². The van der Waals surface area contributed by atoms with Crippen LogP contribution in [0.15, 0.2) is 24.3 Å². The molecule has 1 aromatic rings. The first-order chi connectivity index (χ1) is 7.13. The smallest absolute Gasteiger partial charge is 0.119 e. The summed E-state index contributed by atoms with van der Waals surface area (Å²) < 4.78 is 5.55. The second kappa shape index (κ2) is 5.76. The third-order valence-electron chi connectivity index (χ3n) is 2.23. The monoisotopic (exact) mass is 208 g/mol. The van der Waals surface area contributed by atoms with Crippen LogP contribution in [0.25, 0.3) is 0 Å². The van der Waals surface area contributed by atoms with Gasteiger partial charge in [-0.2, -0.15) is 0 Å². The van der Waals surface area contributed by atoms with Crippen molar-refractivity contribution in [2.45, 2.75) is 33.3 Å². The lowest BCUT2D eigenvalue weighted by molar-refractivity contribution is 0.173. The number of aliphatic hydroxyl groups excluding tert-OH is 1. The van der Waals surface area contributed by atoms with E-state index >= 15 is 0 Å². The minimum Gasteiger partial charge on any atom is -0.493 e. The second-order valence-electron chi connectivity index (χ2n) is 4.20. The second-order valence-corrected chi connectivity index (χ2v) is 4.20.